The molecule has 0 heterocycles. The number of unbranched alkanes of at least 4 members (excludes halogenated alkanes) is 7. The van der Waals surface area contributed by atoms with E-state index in [0.29, 0.717) is 0 Å². The molecule has 0 nitrogen and oxygen atoms in total. The van der Waals surface area contributed by atoms with Crippen molar-refractivity contribution in [2.75, 3.05) is 0 Å². The maximum atomic E-state index is 3.90. The van der Waals surface area contributed by atoms with E-state index in [1.165, 1.54) is 64.2 Å². The quantitative estimate of drug-likeness (QED) is 0.257. The van der Waals surface area contributed by atoms with Crippen molar-refractivity contribution in [2.45, 2.75) is 84.0 Å². The Kier molecular flexibility index (Phi) is 14.6. The van der Waals surface area contributed by atoms with Crippen LogP contribution in [0.1, 0.15) is 84.0 Å². The Morgan fingerprint density at radius 3 is 2.17 bits per heavy atom. The number of hydrogen-bond acceptors (Lipinski definition) is 0. The Hall–Kier alpha value is -0.260. The van der Waals surface area contributed by atoms with E-state index >= 15 is 0 Å². The molecule has 1 atom stereocenters. The third kappa shape index (κ3) is 12.2. The van der Waals surface area contributed by atoms with Crippen LogP contribution in [0.25, 0.3) is 0 Å². The first-order valence-electron chi connectivity index (χ1n) is 8.10. The van der Waals surface area contributed by atoms with E-state index < -0.39 is 0 Å². The van der Waals surface area contributed by atoms with E-state index in [9.17, 15) is 0 Å². The summed E-state index contributed by atoms with van der Waals surface area (Å²) in [4.78, 5) is 0. The highest BCUT2D eigenvalue weighted by Gasteiger charge is 2.02. The highest BCUT2D eigenvalue weighted by Crippen LogP contribution is 2.18. The molecule has 0 saturated carbocycles. The molecule has 0 aliphatic heterocycles. The summed E-state index contributed by atoms with van der Waals surface area (Å²) in [5.74, 6) is 0.828. The van der Waals surface area contributed by atoms with Crippen molar-refractivity contribution in [3.63, 3.8) is 0 Å². The van der Waals surface area contributed by atoms with Crippen LogP contribution in [0, 0.1) is 19.8 Å². The molecule has 0 heteroatoms. The minimum atomic E-state index is 0.828. The number of rotatable bonds is 13. The zero-order valence-electron chi connectivity index (χ0n) is 12.6. The van der Waals surface area contributed by atoms with E-state index in [0.717, 1.165) is 18.8 Å². The first kappa shape index (κ1) is 17.7. The summed E-state index contributed by atoms with van der Waals surface area (Å²) in [6, 6.07) is 0. The molecule has 1 unspecified atom stereocenters. The first-order valence-corrected chi connectivity index (χ1v) is 8.10. The second-order valence-electron chi connectivity index (χ2n) is 5.38. The standard InChI is InChI=1S/C18H34/c1-4-7-9-11-13-16-18(15-6-3)17-14-12-10-8-5-2/h13,16,18H,1-2,4-12,14-15,17H2,3H3/b16-13+. The van der Waals surface area contributed by atoms with Crippen molar-refractivity contribution in [3.05, 3.63) is 26.0 Å². The zero-order chi connectivity index (χ0) is 13.5. The average Bonchev–Trinajstić information content (AvgIpc) is 2.38. The van der Waals surface area contributed by atoms with Crippen molar-refractivity contribution >= 4 is 0 Å². The maximum Gasteiger partial charge on any atom is -0.0234 e. The largest absolute Gasteiger partial charge is 0.0883 e. The van der Waals surface area contributed by atoms with Gasteiger partial charge in [0, 0.05) is 0 Å². The second kappa shape index (κ2) is 14.8. The van der Waals surface area contributed by atoms with Gasteiger partial charge in [-0.3, -0.25) is 0 Å². The van der Waals surface area contributed by atoms with Gasteiger partial charge in [0.15, 0.2) is 0 Å². The lowest BCUT2D eigenvalue weighted by atomic mass is 9.95. The molecule has 0 amide bonds. The minimum absolute atomic E-state index is 0.828. The lowest BCUT2D eigenvalue weighted by Crippen LogP contribution is -1.96. The van der Waals surface area contributed by atoms with E-state index in [2.05, 4.69) is 32.9 Å². The van der Waals surface area contributed by atoms with Crippen LogP contribution in [0.15, 0.2) is 12.2 Å². The topological polar surface area (TPSA) is 0 Å². The molecule has 0 saturated heterocycles. The SMILES string of the molecule is [CH2]CCCC/C=C/C(CCC)CCCCCC[CH2]. The third-order valence-electron chi connectivity index (χ3n) is 3.51. The van der Waals surface area contributed by atoms with Crippen LogP contribution < -0.4 is 0 Å². The molecule has 0 fully saturated rings. The normalized spacial score (nSPS) is 13.3. The highest BCUT2D eigenvalue weighted by atomic mass is 14.1. The molecule has 0 aliphatic rings. The van der Waals surface area contributed by atoms with Crippen molar-refractivity contribution in [1.29, 1.82) is 0 Å². The lowest BCUT2D eigenvalue weighted by molar-refractivity contribution is 0.492. The van der Waals surface area contributed by atoms with Gasteiger partial charge in [-0.2, -0.15) is 0 Å². The Morgan fingerprint density at radius 2 is 1.50 bits per heavy atom. The van der Waals surface area contributed by atoms with Gasteiger partial charge in [-0.1, -0.05) is 84.3 Å². The molecule has 0 aromatic rings. The smallest absolute Gasteiger partial charge is 0.0234 e. The number of allylic oxidation sites excluding steroid dienone is 2. The van der Waals surface area contributed by atoms with E-state index in [-0.39, 0.29) is 0 Å². The Balaban J connectivity index is 3.63. The minimum Gasteiger partial charge on any atom is -0.0883 e. The van der Waals surface area contributed by atoms with Gasteiger partial charge in [0.1, 0.15) is 0 Å². The van der Waals surface area contributed by atoms with Crippen LogP contribution in [-0.2, 0) is 0 Å². The van der Waals surface area contributed by atoms with Crippen LogP contribution in [0.2, 0.25) is 0 Å². The summed E-state index contributed by atoms with van der Waals surface area (Å²) in [5.41, 5.74) is 0. The van der Waals surface area contributed by atoms with Crippen LogP contribution in [0.4, 0.5) is 0 Å². The highest BCUT2D eigenvalue weighted by molar-refractivity contribution is 4.88. The monoisotopic (exact) mass is 250 g/mol. The fourth-order valence-electron chi connectivity index (χ4n) is 2.37. The van der Waals surface area contributed by atoms with Gasteiger partial charge in [-0.25, -0.2) is 0 Å². The van der Waals surface area contributed by atoms with Crippen molar-refractivity contribution in [3.8, 4) is 0 Å². The number of hydrogen-bond donors (Lipinski definition) is 0. The Bertz CT molecular complexity index is 169. The predicted molar refractivity (Wildman–Crippen MR) is 84.4 cm³/mol. The molecule has 0 spiro atoms. The fourth-order valence-corrected chi connectivity index (χ4v) is 2.37. The van der Waals surface area contributed by atoms with Crippen LogP contribution in [0.3, 0.4) is 0 Å². The fraction of sp³-hybridized carbons (Fsp3) is 0.778. The van der Waals surface area contributed by atoms with Crippen molar-refractivity contribution in [2.24, 2.45) is 5.92 Å². The molecule has 2 radical (unpaired) electrons. The molecular formula is C18H34. The van der Waals surface area contributed by atoms with Gasteiger partial charge in [0.2, 0.25) is 0 Å². The summed E-state index contributed by atoms with van der Waals surface area (Å²) in [5, 5.41) is 0. The van der Waals surface area contributed by atoms with Crippen LogP contribution in [0.5, 0.6) is 0 Å². The van der Waals surface area contributed by atoms with Gasteiger partial charge in [0.05, 0.1) is 0 Å². The van der Waals surface area contributed by atoms with Crippen molar-refractivity contribution in [1.82, 2.24) is 0 Å². The lowest BCUT2D eigenvalue weighted by Gasteiger charge is -2.11. The Morgan fingerprint density at radius 1 is 0.833 bits per heavy atom. The molecule has 0 aromatic heterocycles. The third-order valence-corrected chi connectivity index (χ3v) is 3.51. The molecule has 106 valence electrons. The van der Waals surface area contributed by atoms with E-state index in [4.69, 9.17) is 0 Å². The molecule has 0 N–H and O–H groups in total. The Labute approximate surface area is 116 Å². The van der Waals surface area contributed by atoms with Gasteiger partial charge in [-0.15, -0.1) is 0 Å². The second-order valence-corrected chi connectivity index (χ2v) is 5.38. The molecule has 0 bridgehead atoms. The van der Waals surface area contributed by atoms with E-state index in [1.807, 2.05) is 0 Å². The molecule has 0 aliphatic carbocycles. The molecule has 18 heavy (non-hydrogen) atoms. The van der Waals surface area contributed by atoms with Gasteiger partial charge >= 0.3 is 0 Å². The average molecular weight is 250 g/mol. The summed E-state index contributed by atoms with van der Waals surface area (Å²) < 4.78 is 0. The molecular weight excluding hydrogens is 216 g/mol. The van der Waals surface area contributed by atoms with E-state index in [1.54, 1.807) is 0 Å². The first-order chi connectivity index (χ1) is 8.85. The van der Waals surface area contributed by atoms with Gasteiger partial charge in [0.25, 0.3) is 0 Å². The maximum absolute atomic E-state index is 3.90. The van der Waals surface area contributed by atoms with Gasteiger partial charge < -0.3 is 0 Å². The predicted octanol–water partition coefficient (Wildman–Crippen LogP) is 6.53. The van der Waals surface area contributed by atoms with Crippen LogP contribution in [-0.4, -0.2) is 0 Å². The van der Waals surface area contributed by atoms with Crippen molar-refractivity contribution < 1.29 is 0 Å². The zero-order valence-corrected chi connectivity index (χ0v) is 12.6. The summed E-state index contributed by atoms with van der Waals surface area (Å²) in [6.45, 7) is 10.1. The molecule has 0 aromatic carbocycles. The molecule has 0 rings (SSSR count). The summed E-state index contributed by atoms with van der Waals surface area (Å²) in [6.07, 6.45) is 20.4. The summed E-state index contributed by atoms with van der Waals surface area (Å²) >= 11 is 0. The van der Waals surface area contributed by atoms with Gasteiger partial charge in [-0.05, 0) is 31.6 Å². The summed E-state index contributed by atoms with van der Waals surface area (Å²) in [7, 11) is 0. The van der Waals surface area contributed by atoms with Crippen LogP contribution >= 0.6 is 0 Å².